The van der Waals surface area contributed by atoms with Crippen LogP contribution in [0, 0.1) is 11.6 Å². The summed E-state index contributed by atoms with van der Waals surface area (Å²) in [5.41, 5.74) is 0.302. The Morgan fingerprint density at radius 3 is 3.00 bits per heavy atom. The highest BCUT2D eigenvalue weighted by molar-refractivity contribution is 7.98. The first kappa shape index (κ1) is 14.9. The summed E-state index contributed by atoms with van der Waals surface area (Å²) >= 11 is 1.28. The molecule has 0 fully saturated rings. The van der Waals surface area contributed by atoms with E-state index in [4.69, 9.17) is 0 Å². The number of nitrogens with one attached hydrogen (secondary N) is 1. The number of aromatic nitrogens is 4. The molecular weight excluding hydrogens is 284 g/mol. The van der Waals surface area contributed by atoms with Crippen molar-refractivity contribution < 1.29 is 8.78 Å². The maximum Gasteiger partial charge on any atom is 0.209 e. The summed E-state index contributed by atoms with van der Waals surface area (Å²) in [7, 11) is 0. The zero-order chi connectivity index (χ0) is 14.4. The van der Waals surface area contributed by atoms with Crippen LogP contribution in [0.25, 0.3) is 0 Å². The average molecular weight is 299 g/mol. The van der Waals surface area contributed by atoms with Gasteiger partial charge in [-0.15, -0.1) is 5.10 Å². The summed E-state index contributed by atoms with van der Waals surface area (Å²) < 4.78 is 28.3. The van der Waals surface area contributed by atoms with E-state index in [0.717, 1.165) is 19.2 Å². The van der Waals surface area contributed by atoms with Gasteiger partial charge in [0.05, 0.1) is 6.54 Å². The molecular formula is C12H15F2N5S. The highest BCUT2D eigenvalue weighted by atomic mass is 32.2. The number of hydrogen-bond acceptors (Lipinski definition) is 5. The van der Waals surface area contributed by atoms with E-state index in [1.165, 1.54) is 17.8 Å². The Bertz CT molecular complexity index is 561. The van der Waals surface area contributed by atoms with Gasteiger partial charge in [0.1, 0.15) is 0 Å². The van der Waals surface area contributed by atoms with Crippen molar-refractivity contribution in [2.45, 2.75) is 24.4 Å². The van der Waals surface area contributed by atoms with E-state index in [1.54, 1.807) is 10.7 Å². The third kappa shape index (κ3) is 3.73. The number of nitrogens with zero attached hydrogens (tertiary/aromatic N) is 4. The van der Waals surface area contributed by atoms with Crippen LogP contribution in [0.15, 0.2) is 23.4 Å². The molecule has 108 valence electrons. The van der Waals surface area contributed by atoms with Crippen LogP contribution in [0.4, 0.5) is 8.78 Å². The molecule has 8 heteroatoms. The van der Waals surface area contributed by atoms with Gasteiger partial charge in [-0.3, -0.25) is 0 Å². The summed E-state index contributed by atoms with van der Waals surface area (Å²) in [6.45, 7) is 4.28. The maximum atomic E-state index is 13.5. The van der Waals surface area contributed by atoms with Crippen LogP contribution in [0.3, 0.4) is 0 Å². The van der Waals surface area contributed by atoms with Crippen LogP contribution >= 0.6 is 11.8 Å². The minimum atomic E-state index is -0.838. The Labute approximate surface area is 119 Å². The van der Waals surface area contributed by atoms with Gasteiger partial charge in [-0.1, -0.05) is 30.8 Å². The third-order valence-corrected chi connectivity index (χ3v) is 3.64. The molecule has 0 spiro atoms. The Balaban J connectivity index is 1.97. The number of likely N-dealkylation sites (N-methyl/N-ethyl adjacent to an activating group) is 1. The lowest BCUT2D eigenvalue weighted by Gasteiger charge is -2.05. The highest BCUT2D eigenvalue weighted by Crippen LogP contribution is 2.22. The SMILES string of the molecule is CCNCCn1nnnc1SCc1cccc(F)c1F. The zero-order valence-electron chi connectivity index (χ0n) is 11.0. The summed E-state index contributed by atoms with van der Waals surface area (Å²) in [5, 5.41) is 15.1. The van der Waals surface area contributed by atoms with Gasteiger partial charge in [0.15, 0.2) is 11.6 Å². The molecule has 0 radical (unpaired) electrons. The summed E-state index contributed by atoms with van der Waals surface area (Å²) in [5.74, 6) is -1.37. The first-order chi connectivity index (χ1) is 9.72. The zero-order valence-corrected chi connectivity index (χ0v) is 11.8. The van der Waals surface area contributed by atoms with Crippen molar-refractivity contribution in [2.24, 2.45) is 0 Å². The number of rotatable bonds is 7. The molecule has 1 aromatic heterocycles. The molecule has 0 aliphatic rings. The third-order valence-electron chi connectivity index (χ3n) is 2.64. The lowest BCUT2D eigenvalue weighted by molar-refractivity contribution is 0.502. The van der Waals surface area contributed by atoms with E-state index in [9.17, 15) is 8.78 Å². The van der Waals surface area contributed by atoms with Crippen molar-refractivity contribution >= 4 is 11.8 Å². The molecule has 0 atom stereocenters. The molecule has 5 nitrogen and oxygen atoms in total. The smallest absolute Gasteiger partial charge is 0.209 e. The van der Waals surface area contributed by atoms with Crippen LogP contribution in [0.2, 0.25) is 0 Å². The fourth-order valence-corrected chi connectivity index (χ4v) is 2.48. The van der Waals surface area contributed by atoms with Crippen LogP contribution in [-0.4, -0.2) is 33.3 Å². The molecule has 0 amide bonds. The van der Waals surface area contributed by atoms with Crippen molar-refractivity contribution in [3.05, 3.63) is 35.4 Å². The molecule has 1 aromatic carbocycles. The van der Waals surface area contributed by atoms with Gasteiger partial charge < -0.3 is 5.32 Å². The quantitative estimate of drug-likeness (QED) is 0.624. The number of halogens is 2. The molecule has 0 aliphatic carbocycles. The van der Waals surface area contributed by atoms with E-state index >= 15 is 0 Å². The van der Waals surface area contributed by atoms with Gasteiger partial charge in [0.25, 0.3) is 0 Å². The van der Waals surface area contributed by atoms with Crippen molar-refractivity contribution in [1.82, 2.24) is 25.5 Å². The predicted molar refractivity (Wildman–Crippen MR) is 72.3 cm³/mol. The second-order valence-corrected chi connectivity index (χ2v) is 4.98. The number of hydrogen-bond donors (Lipinski definition) is 1. The molecule has 0 unspecified atom stereocenters. The number of tetrazole rings is 1. The van der Waals surface area contributed by atoms with Crippen molar-refractivity contribution in [3.8, 4) is 0 Å². The van der Waals surface area contributed by atoms with Gasteiger partial charge in [-0.25, -0.2) is 13.5 Å². The number of thioether (sulfide) groups is 1. The Morgan fingerprint density at radius 1 is 1.35 bits per heavy atom. The second-order valence-electron chi connectivity index (χ2n) is 4.04. The monoisotopic (exact) mass is 299 g/mol. The van der Waals surface area contributed by atoms with Crippen LogP contribution in [0.5, 0.6) is 0 Å². The molecule has 20 heavy (non-hydrogen) atoms. The highest BCUT2D eigenvalue weighted by Gasteiger charge is 2.11. The van der Waals surface area contributed by atoms with Crippen molar-refractivity contribution in [2.75, 3.05) is 13.1 Å². The molecule has 0 aliphatic heterocycles. The maximum absolute atomic E-state index is 13.5. The lowest BCUT2D eigenvalue weighted by atomic mass is 10.2. The first-order valence-electron chi connectivity index (χ1n) is 6.25. The first-order valence-corrected chi connectivity index (χ1v) is 7.23. The normalized spacial score (nSPS) is 10.9. The van der Waals surface area contributed by atoms with E-state index in [1.807, 2.05) is 6.92 Å². The van der Waals surface area contributed by atoms with Gasteiger partial charge in [-0.05, 0) is 23.0 Å². The largest absolute Gasteiger partial charge is 0.315 e. The minimum Gasteiger partial charge on any atom is -0.315 e. The van der Waals surface area contributed by atoms with Gasteiger partial charge >= 0.3 is 0 Å². The Kier molecular flexibility index (Phi) is 5.42. The Hall–Kier alpha value is -1.54. The lowest BCUT2D eigenvalue weighted by Crippen LogP contribution is -2.20. The van der Waals surface area contributed by atoms with Crippen molar-refractivity contribution in [1.29, 1.82) is 0 Å². The molecule has 0 saturated heterocycles. The Morgan fingerprint density at radius 2 is 2.20 bits per heavy atom. The van der Waals surface area contributed by atoms with Crippen LogP contribution < -0.4 is 5.32 Å². The standard InChI is InChI=1S/C12H15F2N5S/c1-2-15-6-7-19-12(16-17-18-19)20-8-9-4-3-5-10(13)11(9)14/h3-5,15H,2,6-8H2,1H3. The van der Waals surface area contributed by atoms with Crippen molar-refractivity contribution in [3.63, 3.8) is 0 Å². The molecule has 2 aromatic rings. The van der Waals surface area contributed by atoms with Gasteiger partial charge in [0, 0.05) is 17.9 Å². The van der Waals surface area contributed by atoms with E-state index in [0.29, 0.717) is 17.3 Å². The predicted octanol–water partition coefficient (Wildman–Crippen LogP) is 1.85. The van der Waals surface area contributed by atoms with E-state index in [-0.39, 0.29) is 5.75 Å². The summed E-state index contributed by atoms with van der Waals surface area (Å²) in [6, 6.07) is 4.14. The average Bonchev–Trinajstić information content (AvgIpc) is 2.88. The molecule has 2 rings (SSSR count). The molecule has 1 heterocycles. The molecule has 1 N–H and O–H groups in total. The van der Waals surface area contributed by atoms with Gasteiger partial charge in [-0.2, -0.15) is 0 Å². The van der Waals surface area contributed by atoms with Gasteiger partial charge in [0.2, 0.25) is 5.16 Å². The second kappa shape index (κ2) is 7.30. The number of benzene rings is 1. The molecule has 0 saturated carbocycles. The molecule has 0 bridgehead atoms. The summed E-state index contributed by atoms with van der Waals surface area (Å²) in [6.07, 6.45) is 0. The summed E-state index contributed by atoms with van der Waals surface area (Å²) in [4.78, 5) is 0. The van der Waals surface area contributed by atoms with E-state index in [2.05, 4.69) is 20.8 Å². The fourth-order valence-electron chi connectivity index (χ4n) is 1.60. The van der Waals surface area contributed by atoms with E-state index < -0.39 is 11.6 Å². The minimum absolute atomic E-state index is 0.283. The fraction of sp³-hybridized carbons (Fsp3) is 0.417. The van der Waals surface area contributed by atoms with Crippen LogP contribution in [0.1, 0.15) is 12.5 Å². The topological polar surface area (TPSA) is 55.6 Å². The van der Waals surface area contributed by atoms with Crippen LogP contribution in [-0.2, 0) is 12.3 Å².